The fourth-order valence-electron chi connectivity index (χ4n) is 2.10. The van der Waals surface area contributed by atoms with E-state index < -0.39 is 0 Å². The van der Waals surface area contributed by atoms with Crippen molar-refractivity contribution in [3.63, 3.8) is 0 Å². The first kappa shape index (κ1) is 18.8. The molecule has 0 fully saturated rings. The first-order valence-electron chi connectivity index (χ1n) is 7.27. The summed E-state index contributed by atoms with van der Waals surface area (Å²) >= 11 is 1.80. The molecule has 0 radical (unpaired) electrons. The lowest BCUT2D eigenvalue weighted by atomic mass is 9.98. The summed E-state index contributed by atoms with van der Waals surface area (Å²) in [5, 5.41) is 3.54. The zero-order valence-electron chi connectivity index (χ0n) is 13.7. The highest BCUT2D eigenvalue weighted by Gasteiger charge is 2.04. The molecule has 22 heavy (non-hydrogen) atoms. The summed E-state index contributed by atoms with van der Waals surface area (Å²) in [6.45, 7) is 8.26. The summed E-state index contributed by atoms with van der Waals surface area (Å²) in [4.78, 5) is 2.31. The molecule has 0 aliphatic heterocycles. The normalized spacial score (nSPS) is 11.5. The number of thiophene rings is 1. The highest BCUT2D eigenvalue weighted by atomic mass is 35.5. The Hall–Kier alpha value is -1.27. The molecule has 2 rings (SSSR count). The van der Waals surface area contributed by atoms with Crippen LogP contribution in [-0.4, -0.2) is 18.5 Å². The number of hydrogen-bond donors (Lipinski definition) is 0. The molecule has 1 nitrogen and oxygen atoms in total. The number of halogens is 1. The Morgan fingerprint density at radius 2 is 2.00 bits per heavy atom. The number of fused-ring (bicyclic) bond motifs is 1. The summed E-state index contributed by atoms with van der Waals surface area (Å²) in [6.07, 6.45) is 4.10. The van der Waals surface area contributed by atoms with E-state index in [2.05, 4.69) is 80.3 Å². The summed E-state index contributed by atoms with van der Waals surface area (Å²) in [5.41, 5.74) is 1.47. The molecule has 0 atom stereocenters. The minimum atomic E-state index is 0. The van der Waals surface area contributed by atoms with Crippen molar-refractivity contribution in [2.75, 3.05) is 13.6 Å². The first-order valence-corrected chi connectivity index (χ1v) is 8.15. The van der Waals surface area contributed by atoms with Gasteiger partial charge in [0.15, 0.2) is 0 Å². The molecule has 0 amide bonds. The number of likely N-dealkylation sites (N-methyl/N-ethyl adjacent to an activating group) is 1. The van der Waals surface area contributed by atoms with E-state index in [9.17, 15) is 0 Å². The Morgan fingerprint density at radius 3 is 2.73 bits per heavy atom. The summed E-state index contributed by atoms with van der Waals surface area (Å²) in [7, 11) is 2.15. The van der Waals surface area contributed by atoms with Crippen LogP contribution in [0.15, 0.2) is 41.8 Å². The SMILES string of the molecule is CN(C/C=C/C#CC(C)(C)C)Cc1cccc2sccc12.Cl. The number of benzene rings is 1. The quantitative estimate of drug-likeness (QED) is 0.681. The monoisotopic (exact) mass is 333 g/mol. The van der Waals surface area contributed by atoms with Gasteiger partial charge in [0, 0.05) is 23.2 Å². The van der Waals surface area contributed by atoms with E-state index in [0.29, 0.717) is 0 Å². The molecule has 1 aromatic carbocycles. The van der Waals surface area contributed by atoms with Gasteiger partial charge in [-0.25, -0.2) is 0 Å². The number of nitrogens with zero attached hydrogens (tertiary/aromatic N) is 1. The molecular weight excluding hydrogens is 310 g/mol. The van der Waals surface area contributed by atoms with Gasteiger partial charge in [0.05, 0.1) is 0 Å². The van der Waals surface area contributed by atoms with Gasteiger partial charge >= 0.3 is 0 Å². The summed E-state index contributed by atoms with van der Waals surface area (Å²) in [5.74, 6) is 6.33. The third kappa shape index (κ3) is 5.85. The molecule has 1 heterocycles. The molecule has 1 aromatic heterocycles. The van der Waals surface area contributed by atoms with Gasteiger partial charge in [0.1, 0.15) is 0 Å². The standard InChI is InChI=1S/C19H23NS.ClH/c1-19(2,3)12-6-5-7-13-20(4)15-16-9-8-10-18-17(16)11-14-21-18;/h5,7-11,14H,13,15H2,1-4H3;1H/b7-5+;. The predicted octanol–water partition coefficient (Wildman–Crippen LogP) is 5.36. The average Bonchev–Trinajstić information content (AvgIpc) is 2.86. The second kappa shape index (κ2) is 8.39. The average molecular weight is 334 g/mol. The predicted molar refractivity (Wildman–Crippen MR) is 102 cm³/mol. The zero-order valence-corrected chi connectivity index (χ0v) is 15.4. The van der Waals surface area contributed by atoms with Crippen molar-refractivity contribution in [2.45, 2.75) is 27.3 Å². The van der Waals surface area contributed by atoms with E-state index in [1.165, 1.54) is 15.6 Å². The third-order valence-electron chi connectivity index (χ3n) is 3.09. The first-order chi connectivity index (χ1) is 9.96. The Bertz CT molecular complexity index is 683. The van der Waals surface area contributed by atoms with Gasteiger partial charge in [-0.1, -0.05) is 30.0 Å². The van der Waals surface area contributed by atoms with E-state index in [-0.39, 0.29) is 17.8 Å². The van der Waals surface area contributed by atoms with Crippen molar-refractivity contribution in [3.05, 3.63) is 47.4 Å². The fourth-order valence-corrected chi connectivity index (χ4v) is 2.93. The highest BCUT2D eigenvalue weighted by Crippen LogP contribution is 2.24. The van der Waals surface area contributed by atoms with Crippen molar-refractivity contribution < 1.29 is 0 Å². The van der Waals surface area contributed by atoms with Gasteiger partial charge in [-0.3, -0.25) is 4.90 Å². The molecular formula is C19H24ClNS. The van der Waals surface area contributed by atoms with Crippen molar-refractivity contribution in [3.8, 4) is 11.8 Å². The van der Waals surface area contributed by atoms with E-state index in [0.717, 1.165) is 13.1 Å². The van der Waals surface area contributed by atoms with Crippen molar-refractivity contribution >= 4 is 33.8 Å². The van der Waals surface area contributed by atoms with E-state index in [1.54, 1.807) is 11.3 Å². The molecule has 118 valence electrons. The third-order valence-corrected chi connectivity index (χ3v) is 3.97. The van der Waals surface area contributed by atoms with Gasteiger partial charge in [-0.05, 0) is 62.4 Å². The van der Waals surface area contributed by atoms with E-state index in [4.69, 9.17) is 0 Å². The number of allylic oxidation sites excluding steroid dienone is 1. The van der Waals surface area contributed by atoms with Crippen LogP contribution in [-0.2, 0) is 6.54 Å². The van der Waals surface area contributed by atoms with Crippen LogP contribution in [0.2, 0.25) is 0 Å². The molecule has 0 spiro atoms. The van der Waals surface area contributed by atoms with Crippen LogP contribution < -0.4 is 0 Å². The minimum Gasteiger partial charge on any atom is -0.298 e. The van der Waals surface area contributed by atoms with Gasteiger partial charge in [-0.15, -0.1) is 23.7 Å². The van der Waals surface area contributed by atoms with Crippen LogP contribution in [0.1, 0.15) is 26.3 Å². The van der Waals surface area contributed by atoms with Gasteiger partial charge in [0.25, 0.3) is 0 Å². The van der Waals surface area contributed by atoms with Crippen molar-refractivity contribution in [1.29, 1.82) is 0 Å². The van der Waals surface area contributed by atoms with Gasteiger partial charge in [0.2, 0.25) is 0 Å². The topological polar surface area (TPSA) is 3.24 Å². The smallest absolute Gasteiger partial charge is 0.0345 e. The van der Waals surface area contributed by atoms with E-state index >= 15 is 0 Å². The Balaban J connectivity index is 0.00000242. The lowest BCUT2D eigenvalue weighted by Crippen LogP contribution is -2.17. The summed E-state index contributed by atoms with van der Waals surface area (Å²) < 4.78 is 1.37. The molecule has 0 saturated heterocycles. The Morgan fingerprint density at radius 1 is 1.23 bits per heavy atom. The van der Waals surface area contributed by atoms with Crippen LogP contribution in [0, 0.1) is 17.3 Å². The van der Waals surface area contributed by atoms with Crippen LogP contribution in [0.25, 0.3) is 10.1 Å². The van der Waals surface area contributed by atoms with Crippen molar-refractivity contribution in [1.82, 2.24) is 4.90 Å². The maximum absolute atomic E-state index is 3.21. The van der Waals surface area contributed by atoms with Crippen molar-refractivity contribution in [2.24, 2.45) is 5.41 Å². The van der Waals surface area contributed by atoms with Crippen LogP contribution in [0.3, 0.4) is 0 Å². The summed E-state index contributed by atoms with van der Waals surface area (Å²) in [6, 6.07) is 8.76. The Kier molecular flexibility index (Phi) is 7.16. The second-order valence-electron chi connectivity index (χ2n) is 6.37. The Labute approximate surface area is 144 Å². The molecule has 0 bridgehead atoms. The molecule has 0 unspecified atom stereocenters. The number of rotatable bonds is 4. The van der Waals surface area contributed by atoms with E-state index in [1.807, 2.05) is 6.08 Å². The minimum absolute atomic E-state index is 0. The second-order valence-corrected chi connectivity index (χ2v) is 7.32. The molecule has 0 N–H and O–H groups in total. The number of hydrogen-bond acceptors (Lipinski definition) is 2. The largest absolute Gasteiger partial charge is 0.298 e. The van der Waals surface area contributed by atoms with Crippen LogP contribution in [0.4, 0.5) is 0 Å². The van der Waals surface area contributed by atoms with Crippen LogP contribution in [0.5, 0.6) is 0 Å². The molecule has 3 heteroatoms. The molecule has 0 aliphatic carbocycles. The maximum Gasteiger partial charge on any atom is 0.0345 e. The van der Waals surface area contributed by atoms with Crippen LogP contribution >= 0.6 is 23.7 Å². The lowest BCUT2D eigenvalue weighted by molar-refractivity contribution is 0.365. The zero-order chi connectivity index (χ0) is 15.3. The molecule has 0 aliphatic rings. The maximum atomic E-state index is 3.21. The molecule has 0 saturated carbocycles. The fraction of sp³-hybridized carbons (Fsp3) is 0.368. The molecule has 2 aromatic rings. The van der Waals surface area contributed by atoms with Gasteiger partial charge in [-0.2, -0.15) is 0 Å². The highest BCUT2D eigenvalue weighted by molar-refractivity contribution is 7.17. The lowest BCUT2D eigenvalue weighted by Gasteiger charge is -2.15. The van der Waals surface area contributed by atoms with Gasteiger partial charge < -0.3 is 0 Å².